The van der Waals surface area contributed by atoms with Crippen LogP contribution in [0.15, 0.2) is 30.6 Å². The molecule has 25 heavy (non-hydrogen) atoms. The van der Waals surface area contributed by atoms with E-state index in [1.54, 1.807) is 11.1 Å². The summed E-state index contributed by atoms with van der Waals surface area (Å²) in [6.45, 7) is 3.02. The smallest absolute Gasteiger partial charge is 0.227 e. The molecule has 1 spiro atoms. The second-order valence-electron chi connectivity index (χ2n) is 7.17. The number of likely N-dealkylation sites (tertiary alicyclic amines) is 1. The van der Waals surface area contributed by atoms with E-state index >= 15 is 0 Å². The van der Waals surface area contributed by atoms with Gasteiger partial charge in [-0.1, -0.05) is 0 Å². The summed E-state index contributed by atoms with van der Waals surface area (Å²) in [6, 6.07) is 3.65. The maximum absolute atomic E-state index is 13.5. The van der Waals surface area contributed by atoms with Gasteiger partial charge in [-0.05, 0) is 25.1 Å². The largest absolute Gasteiger partial charge is 0.337 e. The standard InChI is InChI=1S/C18H20F2N4O/c1-22-7-5-21-16(22)10-23-6-4-18(11-23)9-17(25)24(12-18)13-2-3-14(19)15(20)8-13/h2-3,5,7-8H,4,6,9-12H2,1H3/t18-/m0/s1. The van der Waals surface area contributed by atoms with Crippen molar-refractivity contribution >= 4 is 11.6 Å². The van der Waals surface area contributed by atoms with Gasteiger partial charge in [-0.3, -0.25) is 9.69 Å². The molecular formula is C18H20F2N4O. The molecule has 2 aliphatic heterocycles. The molecule has 3 heterocycles. The first-order valence-electron chi connectivity index (χ1n) is 8.40. The van der Waals surface area contributed by atoms with Crippen LogP contribution in [0.3, 0.4) is 0 Å². The number of imidazole rings is 1. The Balaban J connectivity index is 1.48. The molecule has 0 bridgehead atoms. The minimum Gasteiger partial charge on any atom is -0.337 e. The summed E-state index contributed by atoms with van der Waals surface area (Å²) in [4.78, 5) is 20.7. The normalized spacial score (nSPS) is 24.0. The molecule has 0 N–H and O–H groups in total. The van der Waals surface area contributed by atoms with Gasteiger partial charge in [-0.25, -0.2) is 13.8 Å². The van der Waals surface area contributed by atoms with Crippen molar-refractivity contribution < 1.29 is 13.6 Å². The Morgan fingerprint density at radius 1 is 1.24 bits per heavy atom. The number of hydrogen-bond donors (Lipinski definition) is 0. The number of amides is 1. The lowest BCUT2D eigenvalue weighted by Crippen LogP contribution is -2.31. The summed E-state index contributed by atoms with van der Waals surface area (Å²) in [7, 11) is 1.97. The highest BCUT2D eigenvalue weighted by Gasteiger charge is 2.47. The summed E-state index contributed by atoms with van der Waals surface area (Å²) in [5.41, 5.74) is 0.316. The average Bonchev–Trinajstić information content (AvgIpc) is 3.24. The second kappa shape index (κ2) is 5.91. The van der Waals surface area contributed by atoms with E-state index in [0.29, 0.717) is 18.7 Å². The van der Waals surface area contributed by atoms with E-state index < -0.39 is 11.6 Å². The molecule has 2 aliphatic rings. The Kier molecular flexibility index (Phi) is 3.83. The summed E-state index contributed by atoms with van der Waals surface area (Å²) >= 11 is 0. The Morgan fingerprint density at radius 3 is 2.80 bits per heavy atom. The van der Waals surface area contributed by atoms with Crippen molar-refractivity contribution in [1.82, 2.24) is 14.5 Å². The van der Waals surface area contributed by atoms with Crippen LogP contribution in [0.25, 0.3) is 0 Å². The fourth-order valence-electron chi connectivity index (χ4n) is 3.97. The van der Waals surface area contributed by atoms with Crippen LogP contribution < -0.4 is 4.90 Å². The van der Waals surface area contributed by atoms with Gasteiger partial charge in [0.15, 0.2) is 11.6 Å². The first kappa shape index (κ1) is 16.2. The van der Waals surface area contributed by atoms with Gasteiger partial charge in [0.05, 0.1) is 6.54 Å². The zero-order chi connectivity index (χ0) is 17.6. The maximum Gasteiger partial charge on any atom is 0.227 e. The van der Waals surface area contributed by atoms with Gasteiger partial charge in [0.25, 0.3) is 0 Å². The number of nitrogens with zero attached hydrogens (tertiary/aromatic N) is 4. The SMILES string of the molecule is Cn1ccnc1CN1CC[C@]2(CC(=O)N(c3ccc(F)c(F)c3)C2)C1. The van der Waals surface area contributed by atoms with Crippen molar-refractivity contribution in [2.45, 2.75) is 19.4 Å². The van der Waals surface area contributed by atoms with Crippen molar-refractivity contribution in [3.8, 4) is 0 Å². The van der Waals surface area contributed by atoms with Crippen molar-refractivity contribution in [3.63, 3.8) is 0 Å². The minimum absolute atomic E-state index is 0.0233. The first-order valence-corrected chi connectivity index (χ1v) is 8.40. The van der Waals surface area contributed by atoms with Crippen LogP contribution in [0.2, 0.25) is 0 Å². The maximum atomic E-state index is 13.5. The minimum atomic E-state index is -0.922. The molecule has 1 aromatic heterocycles. The Bertz CT molecular complexity index is 821. The number of anilines is 1. The number of hydrogen-bond acceptors (Lipinski definition) is 3. The molecule has 2 saturated heterocycles. The highest BCUT2D eigenvalue weighted by molar-refractivity contribution is 5.96. The van der Waals surface area contributed by atoms with Crippen molar-refractivity contribution in [3.05, 3.63) is 48.1 Å². The van der Waals surface area contributed by atoms with E-state index in [4.69, 9.17) is 0 Å². The Labute approximate surface area is 144 Å². The van der Waals surface area contributed by atoms with Gasteiger partial charge in [0.2, 0.25) is 5.91 Å². The fourth-order valence-corrected chi connectivity index (χ4v) is 3.97. The molecule has 0 radical (unpaired) electrons. The van der Waals surface area contributed by atoms with Gasteiger partial charge in [0, 0.05) is 56.1 Å². The quantitative estimate of drug-likeness (QED) is 0.857. The Morgan fingerprint density at radius 2 is 2.08 bits per heavy atom. The van der Waals surface area contributed by atoms with E-state index in [-0.39, 0.29) is 11.3 Å². The zero-order valence-electron chi connectivity index (χ0n) is 14.1. The summed E-state index contributed by atoms with van der Waals surface area (Å²) < 4.78 is 28.7. The highest BCUT2D eigenvalue weighted by atomic mass is 19.2. The predicted octanol–water partition coefficient (Wildman–Crippen LogP) is 2.33. The number of carbonyl (C=O) groups excluding carboxylic acids is 1. The highest BCUT2D eigenvalue weighted by Crippen LogP contribution is 2.42. The molecule has 4 rings (SSSR count). The Hall–Kier alpha value is -2.28. The lowest BCUT2D eigenvalue weighted by molar-refractivity contribution is -0.117. The first-order chi connectivity index (χ1) is 12.0. The van der Waals surface area contributed by atoms with Crippen LogP contribution in [-0.4, -0.2) is 40.0 Å². The third kappa shape index (κ3) is 2.93. The molecule has 0 unspecified atom stereocenters. The molecule has 0 aliphatic carbocycles. The van der Waals surface area contributed by atoms with Crippen LogP contribution in [0.4, 0.5) is 14.5 Å². The molecule has 2 fully saturated rings. The van der Waals surface area contributed by atoms with Gasteiger partial charge in [0.1, 0.15) is 5.82 Å². The number of aromatic nitrogens is 2. The molecule has 0 saturated carbocycles. The average molecular weight is 346 g/mol. The number of benzene rings is 1. The van der Waals surface area contributed by atoms with Crippen molar-refractivity contribution in [1.29, 1.82) is 0 Å². The molecule has 132 valence electrons. The number of halogens is 2. The number of rotatable bonds is 3. The number of carbonyl (C=O) groups is 1. The van der Waals surface area contributed by atoms with E-state index in [2.05, 4.69) is 9.88 Å². The van der Waals surface area contributed by atoms with E-state index in [1.807, 2.05) is 17.8 Å². The molecule has 5 nitrogen and oxygen atoms in total. The lowest BCUT2D eigenvalue weighted by Gasteiger charge is -2.24. The van der Waals surface area contributed by atoms with E-state index in [9.17, 15) is 13.6 Å². The van der Waals surface area contributed by atoms with Gasteiger partial charge in [-0.2, -0.15) is 0 Å². The van der Waals surface area contributed by atoms with Gasteiger partial charge in [-0.15, -0.1) is 0 Å². The van der Waals surface area contributed by atoms with Gasteiger partial charge < -0.3 is 9.47 Å². The van der Waals surface area contributed by atoms with Gasteiger partial charge >= 0.3 is 0 Å². The van der Waals surface area contributed by atoms with Crippen LogP contribution in [0.1, 0.15) is 18.7 Å². The van der Waals surface area contributed by atoms with Crippen LogP contribution in [0.5, 0.6) is 0 Å². The monoisotopic (exact) mass is 346 g/mol. The van der Waals surface area contributed by atoms with E-state index in [1.165, 1.54) is 6.07 Å². The fraction of sp³-hybridized carbons (Fsp3) is 0.444. The zero-order valence-corrected chi connectivity index (χ0v) is 14.1. The predicted molar refractivity (Wildman–Crippen MR) is 88.9 cm³/mol. The third-order valence-electron chi connectivity index (χ3n) is 5.34. The molecule has 1 atom stereocenters. The summed E-state index contributed by atoms with van der Waals surface area (Å²) in [5.74, 6) is -0.843. The van der Waals surface area contributed by atoms with Crippen LogP contribution in [0, 0.1) is 17.0 Å². The van der Waals surface area contributed by atoms with E-state index in [0.717, 1.165) is 44.0 Å². The van der Waals surface area contributed by atoms with Crippen molar-refractivity contribution in [2.75, 3.05) is 24.5 Å². The summed E-state index contributed by atoms with van der Waals surface area (Å²) in [6.07, 6.45) is 5.07. The third-order valence-corrected chi connectivity index (χ3v) is 5.34. The topological polar surface area (TPSA) is 41.4 Å². The van der Waals surface area contributed by atoms with Crippen molar-refractivity contribution in [2.24, 2.45) is 12.5 Å². The lowest BCUT2D eigenvalue weighted by atomic mass is 9.86. The van der Waals surface area contributed by atoms with Crippen LogP contribution >= 0.6 is 0 Å². The number of aryl methyl sites for hydroxylation is 1. The molecular weight excluding hydrogens is 326 g/mol. The van der Waals surface area contributed by atoms with Crippen LogP contribution in [-0.2, 0) is 18.4 Å². The molecule has 7 heteroatoms. The summed E-state index contributed by atoms with van der Waals surface area (Å²) in [5, 5.41) is 0. The molecule has 1 aromatic carbocycles. The second-order valence-corrected chi connectivity index (χ2v) is 7.17. The molecule has 2 aromatic rings. The molecule has 1 amide bonds.